The zero-order chi connectivity index (χ0) is 25.4. The van der Waals surface area contributed by atoms with Gasteiger partial charge >= 0.3 is 0 Å². The van der Waals surface area contributed by atoms with Gasteiger partial charge in [0.1, 0.15) is 11.3 Å². The summed E-state index contributed by atoms with van der Waals surface area (Å²) in [5.74, 6) is 0.959. The maximum Gasteiger partial charge on any atom is 0.225 e. The number of anilines is 2. The van der Waals surface area contributed by atoms with Gasteiger partial charge in [-0.25, -0.2) is 13.9 Å². The summed E-state index contributed by atoms with van der Waals surface area (Å²) in [6, 6.07) is 17.0. The lowest BCUT2D eigenvalue weighted by Crippen LogP contribution is -2.51. The molecule has 2 aliphatic rings. The van der Waals surface area contributed by atoms with E-state index < -0.39 is 0 Å². The predicted molar refractivity (Wildman–Crippen MR) is 143 cm³/mol. The number of aryl methyl sites for hydroxylation is 1. The Morgan fingerprint density at radius 1 is 0.892 bits per heavy atom. The molecule has 7 nitrogen and oxygen atoms in total. The monoisotopic (exact) mass is 498 g/mol. The van der Waals surface area contributed by atoms with Crippen molar-refractivity contribution in [2.45, 2.75) is 19.8 Å². The summed E-state index contributed by atoms with van der Waals surface area (Å²) in [5.41, 5.74) is 5.05. The van der Waals surface area contributed by atoms with Crippen molar-refractivity contribution in [3.8, 4) is 11.3 Å². The van der Waals surface area contributed by atoms with E-state index in [9.17, 15) is 9.18 Å². The molecule has 0 spiro atoms. The van der Waals surface area contributed by atoms with Crippen LogP contribution < -0.4 is 9.80 Å². The molecule has 8 heteroatoms. The number of nitrogens with zero attached hydrogens (tertiary/aromatic N) is 6. The van der Waals surface area contributed by atoms with E-state index in [0.29, 0.717) is 0 Å². The van der Waals surface area contributed by atoms with Crippen LogP contribution in [0.15, 0.2) is 67.0 Å². The van der Waals surface area contributed by atoms with Crippen LogP contribution in [0.25, 0.3) is 16.8 Å². The highest BCUT2D eigenvalue weighted by Gasteiger charge is 2.31. The first-order valence-corrected chi connectivity index (χ1v) is 13.0. The van der Waals surface area contributed by atoms with Gasteiger partial charge in [0.05, 0.1) is 5.69 Å². The maximum absolute atomic E-state index is 13.3. The largest absolute Gasteiger partial charge is 0.368 e. The van der Waals surface area contributed by atoms with Gasteiger partial charge in [-0.1, -0.05) is 17.7 Å². The predicted octanol–water partition coefficient (Wildman–Crippen LogP) is 4.41. The maximum atomic E-state index is 13.3. The zero-order valence-electron chi connectivity index (χ0n) is 21.1. The average molecular weight is 499 g/mol. The summed E-state index contributed by atoms with van der Waals surface area (Å²) in [4.78, 5) is 24.6. The van der Waals surface area contributed by atoms with Gasteiger partial charge in [-0.2, -0.15) is 5.10 Å². The molecule has 1 amide bonds. The van der Waals surface area contributed by atoms with Gasteiger partial charge in [0.2, 0.25) is 5.91 Å². The summed E-state index contributed by atoms with van der Waals surface area (Å²) < 4.78 is 15.2. The minimum absolute atomic E-state index is 0.0570. The topological polar surface area (TPSA) is 57.0 Å². The summed E-state index contributed by atoms with van der Waals surface area (Å²) in [6.45, 7) is 6.95. The molecule has 2 aromatic heterocycles. The van der Waals surface area contributed by atoms with Crippen molar-refractivity contribution in [1.82, 2.24) is 19.5 Å². The van der Waals surface area contributed by atoms with Crippen molar-refractivity contribution < 1.29 is 9.18 Å². The fraction of sp³-hybridized carbons (Fsp3) is 0.345. The Morgan fingerprint density at radius 3 is 2.30 bits per heavy atom. The number of carbonyl (C=O) groups is 1. The minimum Gasteiger partial charge on any atom is -0.368 e. The number of rotatable bonds is 4. The van der Waals surface area contributed by atoms with Gasteiger partial charge in [0.25, 0.3) is 0 Å². The third-order valence-corrected chi connectivity index (χ3v) is 7.64. The number of fused-ring (bicyclic) bond motifs is 1. The van der Waals surface area contributed by atoms with Gasteiger partial charge < -0.3 is 14.7 Å². The number of piperidine rings is 1. The molecule has 0 bridgehead atoms. The lowest BCUT2D eigenvalue weighted by Gasteiger charge is -2.39. The normalized spacial score (nSPS) is 17.0. The van der Waals surface area contributed by atoms with E-state index in [1.807, 2.05) is 16.8 Å². The quantitative estimate of drug-likeness (QED) is 0.417. The fourth-order valence-electron chi connectivity index (χ4n) is 5.45. The van der Waals surface area contributed by atoms with Crippen molar-refractivity contribution in [3.05, 3.63) is 78.4 Å². The van der Waals surface area contributed by atoms with Crippen LogP contribution in [-0.4, -0.2) is 64.7 Å². The molecule has 2 fully saturated rings. The zero-order valence-corrected chi connectivity index (χ0v) is 21.1. The Labute approximate surface area is 216 Å². The molecule has 190 valence electrons. The van der Waals surface area contributed by atoms with E-state index in [1.54, 1.807) is 18.3 Å². The molecule has 6 rings (SSSR count). The number of benzene rings is 2. The SMILES string of the molecule is Cc1ccc(N2CCN(C(=O)C3CCN(c4nccn5nc(-c6ccc(F)cc6)cc45)CC3)CC2)cc1. The number of aromatic nitrogens is 3. The van der Waals surface area contributed by atoms with Crippen LogP contribution in [0.1, 0.15) is 18.4 Å². The summed E-state index contributed by atoms with van der Waals surface area (Å²) in [5, 5.41) is 4.67. The minimum atomic E-state index is -0.263. The van der Waals surface area contributed by atoms with E-state index in [4.69, 9.17) is 0 Å². The number of hydrogen-bond acceptors (Lipinski definition) is 5. The third kappa shape index (κ3) is 4.75. The van der Waals surface area contributed by atoms with Crippen molar-refractivity contribution in [2.75, 3.05) is 49.1 Å². The van der Waals surface area contributed by atoms with Gasteiger partial charge in [-0.15, -0.1) is 0 Å². The van der Waals surface area contributed by atoms with Crippen LogP contribution in [0, 0.1) is 18.7 Å². The Hall–Kier alpha value is -3.94. The first kappa shape index (κ1) is 23.5. The molecule has 0 atom stereocenters. The second-order valence-electron chi connectivity index (χ2n) is 10.0. The van der Waals surface area contributed by atoms with Crippen molar-refractivity contribution in [1.29, 1.82) is 0 Å². The van der Waals surface area contributed by atoms with Crippen molar-refractivity contribution in [2.24, 2.45) is 5.92 Å². The van der Waals surface area contributed by atoms with Gasteiger partial charge in [0, 0.05) is 68.8 Å². The number of hydrogen-bond donors (Lipinski definition) is 0. The van der Waals surface area contributed by atoms with E-state index in [0.717, 1.165) is 74.7 Å². The second-order valence-corrected chi connectivity index (χ2v) is 10.0. The smallest absolute Gasteiger partial charge is 0.225 e. The highest BCUT2D eigenvalue weighted by atomic mass is 19.1. The Kier molecular flexibility index (Phi) is 6.24. The molecule has 2 aromatic carbocycles. The molecule has 4 heterocycles. The molecule has 37 heavy (non-hydrogen) atoms. The Balaban J connectivity index is 1.09. The van der Waals surface area contributed by atoms with Crippen LogP contribution >= 0.6 is 0 Å². The fourth-order valence-corrected chi connectivity index (χ4v) is 5.45. The highest BCUT2D eigenvalue weighted by Crippen LogP contribution is 2.29. The van der Waals surface area contributed by atoms with Crippen LogP contribution in [0.4, 0.5) is 15.9 Å². The van der Waals surface area contributed by atoms with Crippen LogP contribution in [0.3, 0.4) is 0 Å². The molecule has 0 N–H and O–H groups in total. The molecule has 2 saturated heterocycles. The first-order chi connectivity index (χ1) is 18.0. The molecule has 0 radical (unpaired) electrons. The highest BCUT2D eigenvalue weighted by molar-refractivity contribution is 5.80. The lowest BCUT2D eigenvalue weighted by molar-refractivity contribution is -0.136. The summed E-state index contributed by atoms with van der Waals surface area (Å²) in [7, 11) is 0. The number of amides is 1. The van der Waals surface area contributed by atoms with Crippen LogP contribution in [-0.2, 0) is 4.79 Å². The molecular formula is C29H31FN6O. The number of carbonyl (C=O) groups excluding carboxylic acids is 1. The standard InChI is InChI=1S/C29H31FN6O/c1-21-2-8-25(9-3-21)33-16-18-35(19-17-33)29(37)23-10-13-34(14-11-23)28-27-20-26(32-36(27)15-12-31-28)22-4-6-24(30)7-5-22/h2-9,12,15,20,23H,10-11,13-14,16-19H2,1H3. The molecule has 4 aromatic rings. The Bertz CT molecular complexity index is 1380. The second kappa shape index (κ2) is 9.84. The number of piperazine rings is 1. The summed E-state index contributed by atoms with van der Waals surface area (Å²) >= 11 is 0. The molecule has 0 saturated carbocycles. The van der Waals surface area contributed by atoms with E-state index in [1.165, 1.54) is 23.4 Å². The van der Waals surface area contributed by atoms with E-state index in [2.05, 4.69) is 56.0 Å². The van der Waals surface area contributed by atoms with Crippen molar-refractivity contribution >= 4 is 22.9 Å². The average Bonchev–Trinajstić information content (AvgIpc) is 3.38. The lowest BCUT2D eigenvalue weighted by atomic mass is 9.95. The first-order valence-electron chi connectivity index (χ1n) is 13.0. The van der Waals surface area contributed by atoms with Gasteiger partial charge in [-0.05, 0) is 62.2 Å². The van der Waals surface area contributed by atoms with Crippen molar-refractivity contribution in [3.63, 3.8) is 0 Å². The van der Waals surface area contributed by atoms with Gasteiger partial charge in [-0.3, -0.25) is 4.79 Å². The summed E-state index contributed by atoms with van der Waals surface area (Å²) in [6.07, 6.45) is 5.23. The van der Waals surface area contributed by atoms with Crippen LogP contribution in [0.5, 0.6) is 0 Å². The molecular weight excluding hydrogens is 467 g/mol. The molecule has 0 unspecified atom stereocenters. The molecule has 0 aliphatic carbocycles. The van der Waals surface area contributed by atoms with Gasteiger partial charge in [0.15, 0.2) is 5.82 Å². The Morgan fingerprint density at radius 2 is 1.59 bits per heavy atom. The molecule has 2 aliphatic heterocycles. The van der Waals surface area contributed by atoms with E-state index >= 15 is 0 Å². The van der Waals surface area contributed by atoms with Crippen LogP contribution in [0.2, 0.25) is 0 Å². The third-order valence-electron chi connectivity index (χ3n) is 7.64. The van der Waals surface area contributed by atoms with E-state index in [-0.39, 0.29) is 17.6 Å². The number of halogens is 1.